The summed E-state index contributed by atoms with van der Waals surface area (Å²) >= 11 is 0. The van der Waals surface area contributed by atoms with Gasteiger partial charge in [-0.15, -0.1) is 0 Å². The van der Waals surface area contributed by atoms with Gasteiger partial charge in [0.1, 0.15) is 11.9 Å². The lowest BCUT2D eigenvalue weighted by atomic mass is 9.59. The number of ether oxygens (including phenoxy) is 1. The van der Waals surface area contributed by atoms with Gasteiger partial charge in [0.05, 0.1) is 6.10 Å². The average molecular weight is 274 g/mol. The lowest BCUT2D eigenvalue weighted by Crippen LogP contribution is -2.59. The second-order valence-corrected chi connectivity index (χ2v) is 6.70. The molecule has 2 unspecified atom stereocenters. The van der Waals surface area contributed by atoms with Crippen molar-refractivity contribution in [3.05, 3.63) is 29.3 Å². The largest absolute Gasteiger partial charge is 0.489 e. The highest BCUT2D eigenvalue weighted by Crippen LogP contribution is 2.52. The number of hydrogen-bond acceptors (Lipinski definition) is 2. The molecule has 0 amide bonds. The van der Waals surface area contributed by atoms with E-state index in [-0.39, 0.29) is 17.6 Å². The molecule has 110 valence electrons. The molecule has 0 heterocycles. The minimum Gasteiger partial charge on any atom is -0.489 e. The van der Waals surface area contributed by atoms with E-state index in [9.17, 15) is 5.11 Å². The first kappa shape index (κ1) is 13.9. The van der Waals surface area contributed by atoms with Gasteiger partial charge < -0.3 is 9.84 Å². The van der Waals surface area contributed by atoms with E-state index in [1.54, 1.807) is 0 Å². The molecular formula is C18H26O2. The molecule has 2 fully saturated rings. The third-order valence-corrected chi connectivity index (χ3v) is 5.60. The van der Waals surface area contributed by atoms with E-state index < -0.39 is 0 Å². The fraction of sp³-hybridized carbons (Fsp3) is 0.667. The molecular weight excluding hydrogens is 248 g/mol. The van der Waals surface area contributed by atoms with Crippen molar-refractivity contribution in [1.82, 2.24) is 0 Å². The van der Waals surface area contributed by atoms with Gasteiger partial charge in [-0.25, -0.2) is 0 Å². The van der Waals surface area contributed by atoms with E-state index in [0.29, 0.717) is 0 Å². The van der Waals surface area contributed by atoms with Crippen LogP contribution in [0.5, 0.6) is 5.75 Å². The number of rotatable bonds is 2. The zero-order chi connectivity index (χ0) is 14.2. The molecule has 0 bridgehead atoms. The minimum atomic E-state index is -0.157. The van der Waals surface area contributed by atoms with E-state index in [4.69, 9.17) is 4.74 Å². The van der Waals surface area contributed by atoms with Crippen molar-refractivity contribution in [2.45, 2.75) is 71.0 Å². The van der Waals surface area contributed by atoms with Crippen molar-refractivity contribution in [2.24, 2.45) is 5.41 Å². The van der Waals surface area contributed by atoms with Crippen LogP contribution in [0.2, 0.25) is 0 Å². The predicted molar refractivity (Wildman–Crippen MR) is 81.1 cm³/mol. The van der Waals surface area contributed by atoms with Crippen LogP contribution in [0, 0.1) is 19.3 Å². The van der Waals surface area contributed by atoms with Crippen LogP contribution in [0.25, 0.3) is 0 Å². The molecule has 2 saturated carbocycles. The maximum Gasteiger partial charge on any atom is 0.122 e. The van der Waals surface area contributed by atoms with Gasteiger partial charge in [0.2, 0.25) is 0 Å². The van der Waals surface area contributed by atoms with Gasteiger partial charge in [0.25, 0.3) is 0 Å². The lowest BCUT2D eigenvalue weighted by molar-refractivity contribution is -0.163. The Bertz CT molecular complexity index is 472. The molecule has 2 heteroatoms. The SMILES string of the molecule is Cc1cccc(OC2CC(O)C23CCCCCC3)c1C. The standard InChI is InChI=1S/C18H26O2/c1-13-8-7-9-15(14(13)2)20-17-12-16(19)18(17)10-5-3-4-6-11-18/h7-9,16-17,19H,3-6,10-12H2,1-2H3. The number of aliphatic hydroxyl groups is 1. The van der Waals surface area contributed by atoms with Crippen LogP contribution in [0.4, 0.5) is 0 Å². The molecule has 2 atom stereocenters. The zero-order valence-electron chi connectivity index (χ0n) is 12.7. The van der Waals surface area contributed by atoms with Crippen LogP contribution in [-0.2, 0) is 0 Å². The van der Waals surface area contributed by atoms with Crippen molar-refractivity contribution in [2.75, 3.05) is 0 Å². The maximum absolute atomic E-state index is 10.3. The van der Waals surface area contributed by atoms with E-state index in [0.717, 1.165) is 25.0 Å². The molecule has 0 radical (unpaired) electrons. The molecule has 2 nitrogen and oxygen atoms in total. The number of aliphatic hydroxyl groups excluding tert-OH is 1. The van der Waals surface area contributed by atoms with Gasteiger partial charge >= 0.3 is 0 Å². The van der Waals surface area contributed by atoms with Gasteiger partial charge in [-0.1, -0.05) is 37.8 Å². The Labute approximate surface area is 122 Å². The number of benzene rings is 1. The molecule has 1 aromatic carbocycles. The lowest BCUT2D eigenvalue weighted by Gasteiger charge is -2.53. The van der Waals surface area contributed by atoms with Gasteiger partial charge in [-0.05, 0) is 43.9 Å². The molecule has 2 aliphatic rings. The Kier molecular flexibility index (Phi) is 3.76. The van der Waals surface area contributed by atoms with Crippen LogP contribution in [-0.4, -0.2) is 17.3 Å². The van der Waals surface area contributed by atoms with Gasteiger partial charge in [0.15, 0.2) is 0 Å². The fourth-order valence-electron chi connectivity index (χ4n) is 3.94. The van der Waals surface area contributed by atoms with E-state index >= 15 is 0 Å². The Morgan fingerprint density at radius 3 is 2.45 bits per heavy atom. The Balaban J connectivity index is 1.78. The van der Waals surface area contributed by atoms with Crippen LogP contribution in [0.15, 0.2) is 18.2 Å². The average Bonchev–Trinajstić information content (AvgIpc) is 2.71. The molecule has 1 spiro atoms. The highest BCUT2D eigenvalue weighted by Gasteiger charge is 2.55. The first-order valence-corrected chi connectivity index (χ1v) is 8.04. The topological polar surface area (TPSA) is 29.5 Å². The number of aryl methyl sites for hydroxylation is 1. The molecule has 1 N–H and O–H groups in total. The van der Waals surface area contributed by atoms with Crippen LogP contribution in [0.1, 0.15) is 56.1 Å². The summed E-state index contributed by atoms with van der Waals surface area (Å²) in [4.78, 5) is 0. The summed E-state index contributed by atoms with van der Waals surface area (Å²) in [5.41, 5.74) is 2.54. The van der Waals surface area contributed by atoms with Gasteiger partial charge in [0, 0.05) is 11.8 Å². The molecule has 0 aliphatic heterocycles. The highest BCUT2D eigenvalue weighted by atomic mass is 16.5. The molecule has 1 aromatic rings. The maximum atomic E-state index is 10.3. The summed E-state index contributed by atoms with van der Waals surface area (Å²) in [5, 5.41) is 10.3. The Morgan fingerprint density at radius 2 is 1.80 bits per heavy atom. The van der Waals surface area contributed by atoms with Crippen LogP contribution >= 0.6 is 0 Å². The second-order valence-electron chi connectivity index (χ2n) is 6.70. The third-order valence-electron chi connectivity index (χ3n) is 5.60. The molecule has 0 aromatic heterocycles. The van der Waals surface area contributed by atoms with Gasteiger partial charge in [-0.3, -0.25) is 0 Å². The summed E-state index contributed by atoms with van der Waals surface area (Å²) in [6, 6.07) is 6.25. The van der Waals surface area contributed by atoms with Crippen molar-refractivity contribution in [1.29, 1.82) is 0 Å². The summed E-state index contributed by atoms with van der Waals surface area (Å²) < 4.78 is 6.32. The fourth-order valence-corrected chi connectivity index (χ4v) is 3.94. The van der Waals surface area contributed by atoms with Crippen LogP contribution < -0.4 is 4.74 Å². The Morgan fingerprint density at radius 1 is 1.10 bits per heavy atom. The first-order valence-electron chi connectivity index (χ1n) is 8.04. The molecule has 2 aliphatic carbocycles. The van der Waals surface area contributed by atoms with E-state index in [1.807, 2.05) is 0 Å². The monoisotopic (exact) mass is 274 g/mol. The second kappa shape index (κ2) is 5.40. The molecule has 0 saturated heterocycles. The van der Waals surface area contributed by atoms with Crippen molar-refractivity contribution in [3.8, 4) is 5.75 Å². The van der Waals surface area contributed by atoms with Gasteiger partial charge in [-0.2, -0.15) is 0 Å². The summed E-state index contributed by atoms with van der Waals surface area (Å²) in [6.45, 7) is 4.25. The van der Waals surface area contributed by atoms with Crippen molar-refractivity contribution >= 4 is 0 Å². The summed E-state index contributed by atoms with van der Waals surface area (Å²) in [5.74, 6) is 1.01. The zero-order valence-corrected chi connectivity index (χ0v) is 12.7. The molecule has 3 rings (SSSR count). The molecule has 20 heavy (non-hydrogen) atoms. The normalized spacial score (nSPS) is 28.8. The minimum absolute atomic E-state index is 0.0344. The van der Waals surface area contributed by atoms with E-state index in [2.05, 4.69) is 32.0 Å². The predicted octanol–water partition coefficient (Wildman–Crippen LogP) is 4.16. The van der Waals surface area contributed by atoms with Crippen molar-refractivity contribution < 1.29 is 9.84 Å². The third kappa shape index (κ3) is 2.24. The van der Waals surface area contributed by atoms with E-state index in [1.165, 1.54) is 36.8 Å². The Hall–Kier alpha value is -1.02. The quantitative estimate of drug-likeness (QED) is 0.877. The highest BCUT2D eigenvalue weighted by molar-refractivity contribution is 5.38. The summed E-state index contributed by atoms with van der Waals surface area (Å²) in [6.07, 6.45) is 8.20. The first-order chi connectivity index (χ1) is 9.63. The number of hydrogen-bond donors (Lipinski definition) is 1. The van der Waals surface area contributed by atoms with Crippen LogP contribution in [0.3, 0.4) is 0 Å². The van der Waals surface area contributed by atoms with Crippen molar-refractivity contribution in [3.63, 3.8) is 0 Å². The smallest absolute Gasteiger partial charge is 0.122 e. The summed E-state index contributed by atoms with van der Waals surface area (Å²) in [7, 11) is 0.